The second kappa shape index (κ2) is 6.59. The number of amides is 1. The Morgan fingerprint density at radius 1 is 1.28 bits per heavy atom. The van der Waals surface area contributed by atoms with Gasteiger partial charge in [-0.1, -0.05) is 12.1 Å². The first-order valence-corrected chi connectivity index (χ1v) is 8.94. The van der Waals surface area contributed by atoms with Crippen molar-refractivity contribution in [1.29, 1.82) is 0 Å². The number of hydrogen-bond donors (Lipinski definition) is 2. The molecule has 4 rings (SSSR count). The van der Waals surface area contributed by atoms with Crippen molar-refractivity contribution >= 4 is 5.91 Å². The van der Waals surface area contributed by atoms with Crippen LogP contribution in [0.2, 0.25) is 0 Å². The van der Waals surface area contributed by atoms with Crippen LogP contribution in [0.15, 0.2) is 24.3 Å². The molecule has 2 aliphatic carbocycles. The Labute approximate surface area is 145 Å². The molecule has 1 aromatic carbocycles. The van der Waals surface area contributed by atoms with Crippen molar-refractivity contribution in [2.45, 2.75) is 50.7 Å². The van der Waals surface area contributed by atoms with Crippen molar-refractivity contribution in [3.63, 3.8) is 0 Å². The number of aliphatic hydroxyl groups excluding tert-OH is 1. The number of nitrogens with one attached hydrogen (secondary N) is 1. The largest absolute Gasteiger partial charge is 0.387 e. The summed E-state index contributed by atoms with van der Waals surface area (Å²) in [4.78, 5) is 14.8. The van der Waals surface area contributed by atoms with Gasteiger partial charge in [-0.15, -0.1) is 0 Å². The van der Waals surface area contributed by atoms with E-state index < -0.39 is 6.10 Å². The molecule has 1 amide bonds. The Morgan fingerprint density at radius 2 is 2.00 bits per heavy atom. The van der Waals surface area contributed by atoms with Gasteiger partial charge >= 0.3 is 0 Å². The zero-order chi connectivity index (χ0) is 17.4. The maximum Gasteiger partial charge on any atom is 0.274 e. The number of aryl methyl sites for hydroxylation is 1. The first-order chi connectivity index (χ1) is 12.1. The third-order valence-electron chi connectivity index (χ3n) is 5.13. The van der Waals surface area contributed by atoms with Gasteiger partial charge in [0.05, 0.1) is 12.6 Å². The fourth-order valence-corrected chi connectivity index (χ4v) is 3.55. The number of halogens is 1. The van der Waals surface area contributed by atoms with Crippen LogP contribution in [-0.4, -0.2) is 38.7 Å². The second-order valence-electron chi connectivity index (χ2n) is 6.99. The van der Waals surface area contributed by atoms with Crippen molar-refractivity contribution in [1.82, 2.24) is 15.1 Å². The summed E-state index contributed by atoms with van der Waals surface area (Å²) in [7, 11) is 0. The SMILES string of the molecule is O=C(c1n[nH]c2c1CCCC2)N(CC(O)c1ccc(F)cc1)C1CC1. The van der Waals surface area contributed by atoms with Gasteiger partial charge in [0.15, 0.2) is 5.69 Å². The Hall–Kier alpha value is -2.21. The van der Waals surface area contributed by atoms with Crippen LogP contribution in [0.5, 0.6) is 0 Å². The van der Waals surface area contributed by atoms with Crippen molar-refractivity contribution < 1.29 is 14.3 Å². The predicted octanol–water partition coefficient (Wildman–Crippen LogP) is 2.77. The lowest BCUT2D eigenvalue weighted by atomic mass is 9.95. The summed E-state index contributed by atoms with van der Waals surface area (Å²) in [5.41, 5.74) is 3.24. The minimum Gasteiger partial charge on any atom is -0.387 e. The topological polar surface area (TPSA) is 69.2 Å². The van der Waals surface area contributed by atoms with Crippen LogP contribution in [0.4, 0.5) is 4.39 Å². The van der Waals surface area contributed by atoms with Gasteiger partial charge in [-0.25, -0.2) is 4.39 Å². The maximum atomic E-state index is 13.1. The lowest BCUT2D eigenvalue weighted by Crippen LogP contribution is -2.37. The molecular formula is C19H22FN3O2. The molecule has 0 radical (unpaired) electrons. The molecule has 1 unspecified atom stereocenters. The molecule has 1 atom stereocenters. The fraction of sp³-hybridized carbons (Fsp3) is 0.474. The second-order valence-corrected chi connectivity index (χ2v) is 6.99. The quantitative estimate of drug-likeness (QED) is 0.877. The summed E-state index contributed by atoms with van der Waals surface area (Å²) in [6, 6.07) is 5.94. The molecule has 1 aromatic heterocycles. The highest BCUT2D eigenvalue weighted by molar-refractivity contribution is 5.94. The Balaban J connectivity index is 1.54. The number of rotatable bonds is 5. The van der Waals surface area contributed by atoms with E-state index in [2.05, 4.69) is 10.2 Å². The van der Waals surface area contributed by atoms with Gasteiger partial charge in [0.2, 0.25) is 0 Å². The van der Waals surface area contributed by atoms with E-state index in [0.717, 1.165) is 49.8 Å². The van der Waals surface area contributed by atoms with Crippen LogP contribution in [0.1, 0.15) is 59.1 Å². The van der Waals surface area contributed by atoms with E-state index in [1.54, 1.807) is 17.0 Å². The zero-order valence-corrected chi connectivity index (χ0v) is 14.0. The molecule has 0 saturated heterocycles. The number of carbonyl (C=O) groups is 1. The lowest BCUT2D eigenvalue weighted by Gasteiger charge is -2.25. The molecule has 6 heteroatoms. The molecule has 1 fully saturated rings. The molecule has 132 valence electrons. The third kappa shape index (κ3) is 3.31. The zero-order valence-electron chi connectivity index (χ0n) is 14.0. The highest BCUT2D eigenvalue weighted by Gasteiger charge is 2.36. The van der Waals surface area contributed by atoms with Crippen LogP contribution in [0.25, 0.3) is 0 Å². The summed E-state index contributed by atoms with van der Waals surface area (Å²) in [5, 5.41) is 17.8. The molecule has 0 bridgehead atoms. The van der Waals surface area contributed by atoms with E-state index >= 15 is 0 Å². The van der Waals surface area contributed by atoms with Crippen molar-refractivity contribution in [2.24, 2.45) is 0 Å². The summed E-state index contributed by atoms with van der Waals surface area (Å²) in [6.45, 7) is 0.205. The van der Waals surface area contributed by atoms with Gasteiger partial charge in [-0.3, -0.25) is 9.89 Å². The molecule has 2 aromatic rings. The Kier molecular flexibility index (Phi) is 4.29. The Morgan fingerprint density at radius 3 is 2.72 bits per heavy atom. The number of benzene rings is 1. The monoisotopic (exact) mass is 343 g/mol. The number of aromatic nitrogens is 2. The minimum absolute atomic E-state index is 0.108. The Bertz CT molecular complexity index is 767. The normalized spacial score (nSPS) is 17.8. The minimum atomic E-state index is -0.833. The average molecular weight is 343 g/mol. The van der Waals surface area contributed by atoms with E-state index in [0.29, 0.717) is 11.3 Å². The van der Waals surface area contributed by atoms with Crippen LogP contribution in [0, 0.1) is 5.82 Å². The maximum absolute atomic E-state index is 13.1. The molecule has 2 aliphatic rings. The highest BCUT2D eigenvalue weighted by Crippen LogP contribution is 2.32. The highest BCUT2D eigenvalue weighted by atomic mass is 19.1. The number of hydrogen-bond acceptors (Lipinski definition) is 3. The first-order valence-electron chi connectivity index (χ1n) is 8.94. The van der Waals surface area contributed by atoms with Crippen molar-refractivity contribution in [2.75, 3.05) is 6.54 Å². The first kappa shape index (κ1) is 16.3. The predicted molar refractivity (Wildman–Crippen MR) is 90.6 cm³/mol. The van der Waals surface area contributed by atoms with E-state index in [1.807, 2.05) is 0 Å². The molecule has 0 spiro atoms. The number of aliphatic hydroxyl groups is 1. The number of nitrogens with zero attached hydrogens (tertiary/aromatic N) is 2. The summed E-state index contributed by atoms with van der Waals surface area (Å²) >= 11 is 0. The van der Waals surface area contributed by atoms with Crippen molar-refractivity contribution in [3.8, 4) is 0 Å². The van der Waals surface area contributed by atoms with Crippen LogP contribution in [-0.2, 0) is 12.8 Å². The number of fused-ring (bicyclic) bond motifs is 1. The van der Waals surface area contributed by atoms with Crippen molar-refractivity contribution in [3.05, 3.63) is 52.6 Å². The van der Waals surface area contributed by atoms with E-state index in [4.69, 9.17) is 0 Å². The number of H-pyrrole nitrogens is 1. The van der Waals surface area contributed by atoms with Crippen LogP contribution in [0.3, 0.4) is 0 Å². The molecule has 5 nitrogen and oxygen atoms in total. The summed E-state index contributed by atoms with van der Waals surface area (Å²) < 4.78 is 13.1. The van der Waals surface area contributed by atoms with Gasteiger partial charge in [-0.05, 0) is 56.2 Å². The molecule has 25 heavy (non-hydrogen) atoms. The molecule has 1 heterocycles. The van der Waals surface area contributed by atoms with Gasteiger partial charge < -0.3 is 10.0 Å². The fourth-order valence-electron chi connectivity index (χ4n) is 3.55. The summed E-state index contributed by atoms with van der Waals surface area (Å²) in [6.07, 6.45) is 5.10. The van der Waals surface area contributed by atoms with E-state index in [-0.39, 0.29) is 24.3 Å². The summed E-state index contributed by atoms with van der Waals surface area (Å²) in [5.74, 6) is -0.447. The lowest BCUT2D eigenvalue weighted by molar-refractivity contribution is 0.0596. The van der Waals surface area contributed by atoms with Gasteiger partial charge in [0, 0.05) is 17.3 Å². The molecular weight excluding hydrogens is 321 g/mol. The molecule has 0 aliphatic heterocycles. The standard InChI is InChI=1S/C19H22FN3O2/c20-13-7-5-12(6-8-13)17(24)11-23(14-9-10-14)19(25)18-15-3-1-2-4-16(15)21-22-18/h5-8,14,17,24H,1-4,9-11H2,(H,21,22). The van der Waals surface area contributed by atoms with E-state index in [9.17, 15) is 14.3 Å². The van der Waals surface area contributed by atoms with Crippen LogP contribution >= 0.6 is 0 Å². The smallest absolute Gasteiger partial charge is 0.274 e. The average Bonchev–Trinajstić information content (AvgIpc) is 3.38. The number of carbonyl (C=O) groups excluding carboxylic acids is 1. The van der Waals surface area contributed by atoms with Gasteiger partial charge in [-0.2, -0.15) is 5.10 Å². The van der Waals surface area contributed by atoms with Gasteiger partial charge in [0.25, 0.3) is 5.91 Å². The molecule has 1 saturated carbocycles. The number of aromatic amines is 1. The molecule has 2 N–H and O–H groups in total. The third-order valence-corrected chi connectivity index (χ3v) is 5.13. The van der Waals surface area contributed by atoms with Gasteiger partial charge in [0.1, 0.15) is 5.82 Å². The van der Waals surface area contributed by atoms with Crippen LogP contribution < -0.4 is 0 Å². The van der Waals surface area contributed by atoms with E-state index in [1.165, 1.54) is 12.1 Å².